The van der Waals surface area contributed by atoms with Gasteiger partial charge in [-0.25, -0.2) is 4.39 Å². The molecule has 3 aromatic rings. The van der Waals surface area contributed by atoms with Crippen LogP contribution in [0.1, 0.15) is 16.1 Å². The topological polar surface area (TPSA) is 74.5 Å². The van der Waals surface area contributed by atoms with Crippen LogP contribution in [0.25, 0.3) is 11.3 Å². The van der Waals surface area contributed by atoms with E-state index in [1.165, 1.54) is 18.2 Å². The molecule has 27 heavy (non-hydrogen) atoms. The van der Waals surface area contributed by atoms with Crippen molar-refractivity contribution in [3.63, 3.8) is 0 Å². The van der Waals surface area contributed by atoms with Crippen LogP contribution >= 0.6 is 23.8 Å². The lowest BCUT2D eigenvalue weighted by atomic mass is 10.1. The molecule has 0 bridgehead atoms. The molecule has 0 aliphatic heterocycles. The fourth-order valence-electron chi connectivity index (χ4n) is 2.37. The molecule has 0 saturated heterocycles. The van der Waals surface area contributed by atoms with Gasteiger partial charge in [-0.2, -0.15) is 0 Å². The largest absolute Gasteiger partial charge is 0.459 e. The highest BCUT2D eigenvalue weighted by Gasteiger charge is 2.12. The van der Waals surface area contributed by atoms with Crippen molar-refractivity contribution in [2.75, 3.05) is 5.32 Å². The minimum Gasteiger partial charge on any atom is -0.459 e. The zero-order valence-electron chi connectivity index (χ0n) is 13.8. The Balaban J connectivity index is 1.67. The number of hydrogen-bond donors (Lipinski definition) is 3. The highest BCUT2D eigenvalue weighted by Crippen LogP contribution is 2.31. The average molecular weight is 405 g/mol. The van der Waals surface area contributed by atoms with Gasteiger partial charge in [0.25, 0.3) is 5.91 Å². The number of benzene rings is 2. The zero-order valence-corrected chi connectivity index (χ0v) is 15.4. The number of halogens is 2. The summed E-state index contributed by atoms with van der Waals surface area (Å²) in [5.41, 5.74) is 1.36. The zero-order chi connectivity index (χ0) is 19.4. The van der Waals surface area contributed by atoms with Gasteiger partial charge in [0.1, 0.15) is 23.9 Å². The second-order valence-corrected chi connectivity index (χ2v) is 6.35. The van der Waals surface area contributed by atoms with Crippen molar-refractivity contribution in [3.05, 3.63) is 76.8 Å². The number of hydrogen-bond acceptors (Lipinski definition) is 4. The summed E-state index contributed by atoms with van der Waals surface area (Å²) in [5, 5.41) is 14.8. The number of carbonyl (C=O) groups is 1. The highest BCUT2D eigenvalue weighted by molar-refractivity contribution is 7.80. The molecule has 0 aliphatic carbocycles. The van der Waals surface area contributed by atoms with E-state index in [4.69, 9.17) is 33.3 Å². The number of anilines is 1. The SMILES string of the molecule is O=C(NC(=S)Nc1ccc(-c2ccc(CO)o2)c(Cl)c1)c1cccc(F)c1. The number of aliphatic hydroxyl groups is 1. The van der Waals surface area contributed by atoms with Gasteiger partial charge in [-0.15, -0.1) is 0 Å². The molecule has 0 saturated carbocycles. The summed E-state index contributed by atoms with van der Waals surface area (Å²) in [7, 11) is 0. The number of amides is 1. The number of furan rings is 1. The predicted molar refractivity (Wildman–Crippen MR) is 105 cm³/mol. The van der Waals surface area contributed by atoms with Crippen molar-refractivity contribution in [2.45, 2.75) is 6.61 Å². The van der Waals surface area contributed by atoms with Crippen LogP contribution in [0.2, 0.25) is 5.02 Å². The van der Waals surface area contributed by atoms with Gasteiger partial charge < -0.3 is 14.8 Å². The van der Waals surface area contributed by atoms with Crippen LogP contribution in [0, 0.1) is 5.82 Å². The maximum atomic E-state index is 13.2. The van der Waals surface area contributed by atoms with Gasteiger partial charge in [0.2, 0.25) is 0 Å². The number of carbonyl (C=O) groups excluding carboxylic acids is 1. The van der Waals surface area contributed by atoms with E-state index in [1.54, 1.807) is 30.3 Å². The standard InChI is InChI=1S/C19H14ClFN2O3S/c20-16-9-13(4-6-15(16)17-7-5-14(10-24)26-17)22-19(27)23-18(25)11-2-1-3-12(21)8-11/h1-9,24H,10H2,(H2,22,23,25,27). The smallest absolute Gasteiger partial charge is 0.257 e. The average Bonchev–Trinajstić information content (AvgIpc) is 3.10. The summed E-state index contributed by atoms with van der Waals surface area (Å²) in [6.45, 7) is -0.198. The lowest BCUT2D eigenvalue weighted by molar-refractivity contribution is 0.0977. The molecule has 3 N–H and O–H groups in total. The monoisotopic (exact) mass is 404 g/mol. The second-order valence-electron chi connectivity index (χ2n) is 5.54. The Hall–Kier alpha value is -2.74. The summed E-state index contributed by atoms with van der Waals surface area (Å²) in [5.74, 6) is -0.0740. The molecule has 0 aliphatic rings. The van der Waals surface area contributed by atoms with Gasteiger partial charge in [0, 0.05) is 16.8 Å². The number of thiocarbonyl (C=S) groups is 1. The van der Waals surface area contributed by atoms with Crippen LogP contribution in [0.4, 0.5) is 10.1 Å². The normalized spacial score (nSPS) is 10.5. The summed E-state index contributed by atoms with van der Waals surface area (Å²) in [6, 6.07) is 13.7. The van der Waals surface area contributed by atoms with Crippen LogP contribution in [0.5, 0.6) is 0 Å². The molecule has 0 unspecified atom stereocenters. The van der Waals surface area contributed by atoms with E-state index in [1.807, 2.05) is 0 Å². The summed E-state index contributed by atoms with van der Waals surface area (Å²) < 4.78 is 18.7. The van der Waals surface area contributed by atoms with Crippen molar-refractivity contribution in [3.8, 4) is 11.3 Å². The molecule has 0 radical (unpaired) electrons. The van der Waals surface area contributed by atoms with E-state index >= 15 is 0 Å². The Bertz CT molecular complexity index is 1010. The number of nitrogens with one attached hydrogen (secondary N) is 2. The Kier molecular flexibility index (Phi) is 5.85. The minimum absolute atomic E-state index is 0.0497. The molecule has 1 aromatic heterocycles. The quantitative estimate of drug-likeness (QED) is 0.563. The molecule has 0 atom stereocenters. The van der Waals surface area contributed by atoms with Crippen LogP contribution in [-0.2, 0) is 6.61 Å². The molecule has 2 aromatic carbocycles. The lowest BCUT2D eigenvalue weighted by Gasteiger charge is -2.11. The maximum Gasteiger partial charge on any atom is 0.257 e. The third-order valence-corrected chi connectivity index (χ3v) is 4.14. The van der Waals surface area contributed by atoms with E-state index in [0.717, 1.165) is 6.07 Å². The third-order valence-electron chi connectivity index (χ3n) is 3.62. The first kappa shape index (κ1) is 19.0. The van der Waals surface area contributed by atoms with Gasteiger partial charge >= 0.3 is 0 Å². The Labute approximate surface area is 164 Å². The molecule has 5 nitrogen and oxygen atoms in total. The van der Waals surface area contributed by atoms with Crippen LogP contribution in [0.3, 0.4) is 0 Å². The lowest BCUT2D eigenvalue weighted by Crippen LogP contribution is -2.34. The Morgan fingerprint density at radius 2 is 2.00 bits per heavy atom. The molecule has 0 spiro atoms. The van der Waals surface area contributed by atoms with Gasteiger partial charge in [-0.05, 0) is 60.7 Å². The summed E-state index contributed by atoms with van der Waals surface area (Å²) in [4.78, 5) is 12.1. The molecule has 3 rings (SSSR count). The first-order valence-corrected chi connectivity index (χ1v) is 8.62. The first-order valence-electron chi connectivity index (χ1n) is 7.83. The first-order chi connectivity index (χ1) is 13.0. The van der Waals surface area contributed by atoms with Crippen LogP contribution in [0.15, 0.2) is 59.0 Å². The van der Waals surface area contributed by atoms with E-state index < -0.39 is 11.7 Å². The number of rotatable bonds is 4. The van der Waals surface area contributed by atoms with Crippen LogP contribution < -0.4 is 10.6 Å². The van der Waals surface area contributed by atoms with Crippen molar-refractivity contribution in [2.24, 2.45) is 0 Å². The minimum atomic E-state index is -0.526. The molecule has 0 fully saturated rings. The van der Waals surface area contributed by atoms with Crippen molar-refractivity contribution >= 4 is 40.5 Å². The predicted octanol–water partition coefficient (Wildman–Crippen LogP) is 4.36. The van der Waals surface area contributed by atoms with E-state index in [2.05, 4.69) is 10.6 Å². The Morgan fingerprint density at radius 1 is 1.19 bits per heavy atom. The van der Waals surface area contributed by atoms with E-state index in [-0.39, 0.29) is 17.3 Å². The summed E-state index contributed by atoms with van der Waals surface area (Å²) >= 11 is 11.4. The van der Waals surface area contributed by atoms with Gasteiger partial charge in [-0.3, -0.25) is 10.1 Å². The Morgan fingerprint density at radius 3 is 2.67 bits per heavy atom. The van der Waals surface area contributed by atoms with Crippen LogP contribution in [-0.4, -0.2) is 16.1 Å². The molecule has 1 heterocycles. The number of aliphatic hydroxyl groups excluding tert-OH is 1. The van der Waals surface area contributed by atoms with E-state index in [9.17, 15) is 9.18 Å². The molecule has 1 amide bonds. The fraction of sp³-hybridized carbons (Fsp3) is 0.0526. The summed E-state index contributed by atoms with van der Waals surface area (Å²) in [6.07, 6.45) is 0. The van der Waals surface area contributed by atoms with Crippen molar-refractivity contribution in [1.82, 2.24) is 5.32 Å². The molecular weight excluding hydrogens is 391 g/mol. The highest BCUT2D eigenvalue weighted by atomic mass is 35.5. The molecule has 138 valence electrons. The third kappa shape index (κ3) is 4.71. The van der Waals surface area contributed by atoms with E-state index in [0.29, 0.717) is 27.8 Å². The van der Waals surface area contributed by atoms with Gasteiger partial charge in [0.15, 0.2) is 5.11 Å². The molecule has 8 heteroatoms. The fourth-order valence-corrected chi connectivity index (χ4v) is 2.85. The maximum absolute atomic E-state index is 13.2. The van der Waals surface area contributed by atoms with Gasteiger partial charge in [0.05, 0.1) is 5.02 Å². The second kappa shape index (κ2) is 8.30. The van der Waals surface area contributed by atoms with Crippen molar-refractivity contribution < 1.29 is 18.7 Å². The van der Waals surface area contributed by atoms with Gasteiger partial charge in [-0.1, -0.05) is 17.7 Å². The van der Waals surface area contributed by atoms with Crippen molar-refractivity contribution in [1.29, 1.82) is 0 Å². The molecular formula is C19H14ClFN2O3S.